The first-order valence-corrected chi connectivity index (χ1v) is 8.15. The molecule has 0 bridgehead atoms. The SMILES string of the molecule is C=C(C)C(=O)OC(CC)[SiH](C)OCC(C)C. The van der Waals surface area contributed by atoms with E-state index >= 15 is 0 Å². The molecule has 0 aromatic carbocycles. The highest BCUT2D eigenvalue weighted by molar-refractivity contribution is 6.52. The zero-order valence-corrected chi connectivity index (χ0v) is 12.2. The molecule has 0 rings (SSSR count). The van der Waals surface area contributed by atoms with Crippen LogP contribution >= 0.6 is 0 Å². The van der Waals surface area contributed by atoms with E-state index in [2.05, 4.69) is 27.0 Å². The van der Waals surface area contributed by atoms with Crippen molar-refractivity contribution in [3.8, 4) is 0 Å². The lowest BCUT2D eigenvalue weighted by molar-refractivity contribution is -0.141. The molecule has 0 N–H and O–H groups in total. The van der Waals surface area contributed by atoms with Crippen molar-refractivity contribution in [2.45, 2.75) is 46.4 Å². The molecule has 0 aliphatic heterocycles. The quantitative estimate of drug-likeness (QED) is 0.392. The van der Waals surface area contributed by atoms with Crippen LogP contribution in [0.25, 0.3) is 0 Å². The minimum Gasteiger partial charge on any atom is -0.460 e. The lowest BCUT2D eigenvalue weighted by Crippen LogP contribution is -2.36. The van der Waals surface area contributed by atoms with Crippen LogP contribution in [0.5, 0.6) is 0 Å². The van der Waals surface area contributed by atoms with Gasteiger partial charge in [-0.05, 0) is 25.8 Å². The molecule has 0 radical (unpaired) electrons. The fraction of sp³-hybridized carbons (Fsp3) is 0.750. The molecule has 0 saturated carbocycles. The van der Waals surface area contributed by atoms with Crippen molar-refractivity contribution < 1.29 is 14.0 Å². The van der Waals surface area contributed by atoms with Gasteiger partial charge in [-0.25, -0.2) is 4.79 Å². The number of hydrogen-bond acceptors (Lipinski definition) is 3. The Morgan fingerprint density at radius 1 is 1.44 bits per heavy atom. The molecule has 0 saturated heterocycles. The third-order valence-corrected chi connectivity index (χ3v) is 4.60. The van der Waals surface area contributed by atoms with Crippen molar-refractivity contribution in [2.24, 2.45) is 5.92 Å². The summed E-state index contributed by atoms with van der Waals surface area (Å²) >= 11 is 0. The molecule has 16 heavy (non-hydrogen) atoms. The largest absolute Gasteiger partial charge is 0.460 e. The second-order valence-electron chi connectivity index (χ2n) is 4.56. The molecular weight excluding hydrogens is 220 g/mol. The van der Waals surface area contributed by atoms with E-state index in [4.69, 9.17) is 9.16 Å². The number of hydrogen-bond donors (Lipinski definition) is 0. The second kappa shape index (κ2) is 7.63. The van der Waals surface area contributed by atoms with Crippen LogP contribution in [0.1, 0.15) is 34.1 Å². The smallest absolute Gasteiger partial charge is 0.333 e. The molecule has 0 amide bonds. The van der Waals surface area contributed by atoms with Gasteiger partial charge in [0.15, 0.2) is 0 Å². The Morgan fingerprint density at radius 2 is 2.00 bits per heavy atom. The van der Waals surface area contributed by atoms with Crippen molar-refractivity contribution in [1.82, 2.24) is 0 Å². The standard InChI is InChI=1S/C12H24O3Si/c1-7-11(15-12(13)10(4)5)16(6)14-8-9(2)3/h9,11,16H,4,7-8H2,1-3,5-6H3. The van der Waals surface area contributed by atoms with E-state index in [0.717, 1.165) is 13.0 Å². The van der Waals surface area contributed by atoms with Crippen LogP contribution in [0.2, 0.25) is 6.55 Å². The zero-order valence-electron chi connectivity index (χ0n) is 11.1. The number of ether oxygens (including phenoxy) is 1. The van der Waals surface area contributed by atoms with Crippen molar-refractivity contribution in [1.29, 1.82) is 0 Å². The Bertz CT molecular complexity index is 238. The summed E-state index contributed by atoms with van der Waals surface area (Å²) in [6, 6.07) is 0. The zero-order chi connectivity index (χ0) is 12.7. The summed E-state index contributed by atoms with van der Waals surface area (Å²) in [4.78, 5) is 11.4. The number of carbonyl (C=O) groups is 1. The van der Waals surface area contributed by atoms with E-state index in [1.807, 2.05) is 6.92 Å². The maximum atomic E-state index is 11.4. The van der Waals surface area contributed by atoms with Gasteiger partial charge in [-0.3, -0.25) is 0 Å². The Hall–Kier alpha value is -0.613. The summed E-state index contributed by atoms with van der Waals surface area (Å²) in [5.74, 6) is 0.212. The van der Waals surface area contributed by atoms with E-state index in [0.29, 0.717) is 11.5 Å². The van der Waals surface area contributed by atoms with Gasteiger partial charge in [0.1, 0.15) is 5.73 Å². The summed E-state index contributed by atoms with van der Waals surface area (Å²) in [5.41, 5.74) is 0.395. The van der Waals surface area contributed by atoms with Gasteiger partial charge >= 0.3 is 5.97 Å². The maximum Gasteiger partial charge on any atom is 0.333 e. The highest BCUT2D eigenvalue weighted by atomic mass is 28.3. The minimum absolute atomic E-state index is 0.0528. The van der Waals surface area contributed by atoms with Crippen LogP contribution in [0, 0.1) is 5.92 Å². The molecule has 0 aliphatic carbocycles. The highest BCUT2D eigenvalue weighted by Gasteiger charge is 2.22. The normalized spacial score (nSPS) is 14.6. The fourth-order valence-corrected chi connectivity index (χ4v) is 3.08. The summed E-state index contributed by atoms with van der Waals surface area (Å²) < 4.78 is 11.1. The third-order valence-electron chi connectivity index (χ3n) is 2.23. The molecule has 0 aromatic heterocycles. The van der Waals surface area contributed by atoms with Gasteiger partial charge in [-0.2, -0.15) is 0 Å². The van der Waals surface area contributed by atoms with Gasteiger partial charge < -0.3 is 9.16 Å². The molecule has 3 nitrogen and oxygen atoms in total. The Labute approximate surface area is 101 Å². The van der Waals surface area contributed by atoms with Gasteiger partial charge in [0.05, 0.1) is 0 Å². The molecule has 0 aliphatic rings. The maximum absolute atomic E-state index is 11.4. The summed E-state index contributed by atoms with van der Waals surface area (Å²) in [7, 11) is -1.45. The monoisotopic (exact) mass is 244 g/mol. The van der Waals surface area contributed by atoms with Crippen molar-refractivity contribution >= 4 is 15.0 Å². The highest BCUT2D eigenvalue weighted by Crippen LogP contribution is 2.09. The van der Waals surface area contributed by atoms with Crippen molar-refractivity contribution in [3.63, 3.8) is 0 Å². The summed E-state index contributed by atoms with van der Waals surface area (Å²) in [6.45, 7) is 14.3. The molecule has 0 aromatic rings. The first kappa shape index (κ1) is 15.4. The van der Waals surface area contributed by atoms with E-state index < -0.39 is 9.04 Å². The van der Waals surface area contributed by atoms with Crippen LogP contribution in [0.3, 0.4) is 0 Å². The Kier molecular flexibility index (Phi) is 7.33. The molecule has 94 valence electrons. The van der Waals surface area contributed by atoms with Crippen LogP contribution < -0.4 is 0 Å². The summed E-state index contributed by atoms with van der Waals surface area (Å²) in [6.07, 6.45) is 0.810. The van der Waals surface area contributed by atoms with Crippen LogP contribution in [0.15, 0.2) is 12.2 Å². The van der Waals surface area contributed by atoms with Crippen LogP contribution in [-0.2, 0) is 14.0 Å². The average molecular weight is 244 g/mol. The number of esters is 1. The van der Waals surface area contributed by atoms with Crippen LogP contribution in [-0.4, -0.2) is 27.3 Å². The van der Waals surface area contributed by atoms with E-state index in [-0.39, 0.29) is 11.7 Å². The lowest BCUT2D eigenvalue weighted by atomic mass is 10.2. The molecule has 2 unspecified atom stereocenters. The third kappa shape index (κ3) is 6.08. The first-order valence-electron chi connectivity index (χ1n) is 5.86. The van der Waals surface area contributed by atoms with E-state index in [9.17, 15) is 4.79 Å². The first-order chi connectivity index (χ1) is 7.38. The minimum atomic E-state index is -1.45. The Balaban J connectivity index is 4.16. The van der Waals surface area contributed by atoms with Gasteiger partial charge in [0.2, 0.25) is 9.04 Å². The molecular formula is C12H24O3Si. The summed E-state index contributed by atoms with van der Waals surface area (Å²) in [5, 5.41) is 0. The predicted molar refractivity (Wildman–Crippen MR) is 68.8 cm³/mol. The van der Waals surface area contributed by atoms with E-state index in [1.54, 1.807) is 6.92 Å². The van der Waals surface area contributed by atoms with Crippen molar-refractivity contribution in [2.75, 3.05) is 6.61 Å². The topological polar surface area (TPSA) is 35.5 Å². The number of rotatable bonds is 7. The predicted octanol–water partition coefficient (Wildman–Crippen LogP) is 2.45. The van der Waals surface area contributed by atoms with Gasteiger partial charge in [0.25, 0.3) is 0 Å². The molecule has 2 atom stereocenters. The average Bonchev–Trinajstić information content (AvgIpc) is 2.21. The Morgan fingerprint density at radius 3 is 2.38 bits per heavy atom. The van der Waals surface area contributed by atoms with Gasteiger partial charge in [-0.15, -0.1) is 0 Å². The molecule has 0 spiro atoms. The molecule has 0 heterocycles. The second-order valence-corrected chi connectivity index (χ2v) is 7.05. The van der Waals surface area contributed by atoms with Gasteiger partial charge in [0, 0.05) is 12.2 Å². The fourth-order valence-electron chi connectivity index (χ4n) is 1.20. The van der Waals surface area contributed by atoms with E-state index in [1.165, 1.54) is 0 Å². The molecule has 4 heteroatoms. The van der Waals surface area contributed by atoms with Crippen molar-refractivity contribution in [3.05, 3.63) is 12.2 Å². The van der Waals surface area contributed by atoms with Gasteiger partial charge in [-0.1, -0.05) is 27.4 Å². The van der Waals surface area contributed by atoms with Crippen LogP contribution in [0.4, 0.5) is 0 Å². The lowest BCUT2D eigenvalue weighted by Gasteiger charge is -2.22. The molecule has 0 fully saturated rings. The number of carbonyl (C=O) groups excluding carboxylic acids is 1.